The summed E-state index contributed by atoms with van der Waals surface area (Å²) in [5, 5.41) is 1.54. The average molecular weight is 582 g/mol. The van der Waals surface area contributed by atoms with Crippen molar-refractivity contribution < 1.29 is 9.47 Å². The Balaban J connectivity index is 2.25. The highest BCUT2D eigenvalue weighted by atomic mass is 31.1. The van der Waals surface area contributed by atoms with Gasteiger partial charge in [-0.05, 0) is 73.0 Å². The molecule has 1 aliphatic heterocycles. The topological polar surface area (TPSA) is 21.7 Å². The predicted octanol–water partition coefficient (Wildman–Crippen LogP) is 9.75. The van der Waals surface area contributed by atoms with E-state index in [2.05, 4.69) is 97.5 Å². The second kappa shape index (κ2) is 14.9. The number of nitrogens with zero attached hydrogens (tertiary/aromatic N) is 1. The lowest BCUT2D eigenvalue weighted by molar-refractivity contribution is 0.0485. The van der Waals surface area contributed by atoms with E-state index in [4.69, 9.17) is 9.47 Å². The summed E-state index contributed by atoms with van der Waals surface area (Å²) in [5.41, 5.74) is 6.99. The molecule has 2 aromatic carbocycles. The fourth-order valence-corrected chi connectivity index (χ4v) is 8.03. The van der Waals surface area contributed by atoms with E-state index in [0.717, 1.165) is 18.7 Å². The zero-order valence-corrected chi connectivity index (χ0v) is 29.1. The summed E-state index contributed by atoms with van der Waals surface area (Å²) in [6, 6.07) is 12.2. The number of benzene rings is 2. The Labute approximate surface area is 255 Å². The molecule has 0 N–H and O–H groups in total. The molecular formula is C37H60NO2P. The minimum atomic E-state index is -0.0472. The Hall–Kier alpha value is -1.41. The van der Waals surface area contributed by atoms with Crippen LogP contribution in [0.1, 0.15) is 135 Å². The van der Waals surface area contributed by atoms with Crippen LogP contribution in [-0.4, -0.2) is 31.9 Å². The van der Waals surface area contributed by atoms with Gasteiger partial charge in [0.25, 0.3) is 0 Å². The maximum absolute atomic E-state index is 6.61. The zero-order chi connectivity index (χ0) is 30.3. The van der Waals surface area contributed by atoms with E-state index in [-0.39, 0.29) is 22.8 Å². The molecular weight excluding hydrogens is 521 g/mol. The van der Waals surface area contributed by atoms with Gasteiger partial charge in [0.15, 0.2) is 6.79 Å². The quantitative estimate of drug-likeness (QED) is 0.133. The van der Waals surface area contributed by atoms with E-state index in [1.165, 1.54) is 91.2 Å². The highest BCUT2D eigenvalue weighted by Gasteiger charge is 2.38. The van der Waals surface area contributed by atoms with E-state index in [1.54, 1.807) is 7.11 Å². The molecule has 0 aromatic heterocycles. The first-order chi connectivity index (χ1) is 19.3. The number of ether oxygens (including phenoxy) is 2. The summed E-state index contributed by atoms with van der Waals surface area (Å²) in [7, 11) is 2.42. The lowest BCUT2D eigenvalue weighted by Crippen LogP contribution is -2.32. The Morgan fingerprint density at radius 3 is 2.12 bits per heavy atom. The van der Waals surface area contributed by atoms with Gasteiger partial charge >= 0.3 is 0 Å². The van der Waals surface area contributed by atoms with Gasteiger partial charge in [0.2, 0.25) is 0 Å². The van der Waals surface area contributed by atoms with Gasteiger partial charge in [-0.3, -0.25) is 4.90 Å². The lowest BCUT2D eigenvalue weighted by atomic mass is 9.76. The molecule has 2 aromatic rings. The smallest absolute Gasteiger partial charge is 0.188 e. The van der Waals surface area contributed by atoms with E-state index in [9.17, 15) is 0 Å². The van der Waals surface area contributed by atoms with Crippen molar-refractivity contribution in [2.24, 2.45) is 0 Å². The number of hydrogen-bond acceptors (Lipinski definition) is 3. The van der Waals surface area contributed by atoms with Crippen LogP contribution in [0.4, 0.5) is 0 Å². The molecule has 0 bridgehead atoms. The molecule has 0 aliphatic carbocycles. The molecule has 1 aliphatic rings. The first-order valence-electron chi connectivity index (χ1n) is 16.3. The van der Waals surface area contributed by atoms with Gasteiger partial charge in [0, 0.05) is 29.9 Å². The second-order valence-corrected chi connectivity index (χ2v) is 16.2. The highest BCUT2D eigenvalue weighted by molar-refractivity contribution is 7.48. The Morgan fingerprint density at radius 2 is 1.54 bits per heavy atom. The van der Waals surface area contributed by atoms with Crippen molar-refractivity contribution in [3.63, 3.8) is 0 Å². The summed E-state index contributed by atoms with van der Waals surface area (Å²) in [6.07, 6.45) is 10.0. The standard InChI is InChI=1S/C37H60NO2P/c1-11-13-15-20-37(12-2,41-33-19-18-28(3)23-29(33)26-38-21-16-14-17-22-38)32-25-30(35(4,5)6)24-31(36(7,8)9)34(32)40-27-39-10/h18-19,23-25,41H,11-17,20-22,26-27H2,1-10H3. The van der Waals surface area contributed by atoms with Crippen LogP contribution in [0.25, 0.3) is 0 Å². The van der Waals surface area contributed by atoms with Crippen LogP contribution in [0.3, 0.4) is 0 Å². The molecule has 3 rings (SSSR count). The summed E-state index contributed by atoms with van der Waals surface area (Å²) >= 11 is 0. The monoisotopic (exact) mass is 581 g/mol. The van der Waals surface area contributed by atoms with Crippen molar-refractivity contribution >= 4 is 13.9 Å². The number of hydrogen-bond donors (Lipinski definition) is 0. The predicted molar refractivity (Wildman–Crippen MR) is 181 cm³/mol. The zero-order valence-electron chi connectivity index (χ0n) is 28.1. The van der Waals surface area contributed by atoms with E-state index >= 15 is 0 Å². The summed E-state index contributed by atoms with van der Waals surface area (Å²) in [6.45, 7) is 24.8. The van der Waals surface area contributed by atoms with Gasteiger partial charge in [-0.1, -0.05) is 126 Å². The fourth-order valence-electron chi connectivity index (χ4n) is 6.24. The van der Waals surface area contributed by atoms with Crippen LogP contribution < -0.4 is 10.0 Å². The molecule has 2 unspecified atom stereocenters. The molecule has 0 amide bonds. The number of rotatable bonds is 13. The minimum Gasteiger partial charge on any atom is -0.467 e. The van der Waals surface area contributed by atoms with Crippen LogP contribution in [0.2, 0.25) is 0 Å². The van der Waals surface area contributed by atoms with Crippen LogP contribution in [0.5, 0.6) is 5.75 Å². The van der Waals surface area contributed by atoms with Crippen molar-refractivity contribution in [3.05, 3.63) is 58.1 Å². The van der Waals surface area contributed by atoms with Crippen molar-refractivity contribution in [3.8, 4) is 5.75 Å². The molecule has 230 valence electrons. The molecule has 0 radical (unpaired) electrons. The molecule has 1 saturated heterocycles. The molecule has 4 heteroatoms. The Morgan fingerprint density at radius 1 is 0.854 bits per heavy atom. The van der Waals surface area contributed by atoms with E-state index < -0.39 is 0 Å². The van der Waals surface area contributed by atoms with Gasteiger partial charge < -0.3 is 9.47 Å². The van der Waals surface area contributed by atoms with Gasteiger partial charge in [-0.25, -0.2) is 0 Å². The van der Waals surface area contributed by atoms with E-state index in [1.807, 2.05) is 0 Å². The van der Waals surface area contributed by atoms with Crippen molar-refractivity contribution in [1.82, 2.24) is 4.90 Å². The van der Waals surface area contributed by atoms with Crippen LogP contribution in [0.15, 0.2) is 30.3 Å². The SMILES string of the molecule is CCCCCC(CC)(Pc1ccc(C)cc1CN1CCCCC1)c1cc(C(C)(C)C)cc(C(C)(C)C)c1OCOC. The molecule has 0 spiro atoms. The fraction of sp³-hybridized carbons (Fsp3) is 0.676. The first kappa shape index (κ1) is 34.1. The molecule has 1 fully saturated rings. The third-order valence-electron chi connectivity index (χ3n) is 8.89. The number of aryl methyl sites for hydroxylation is 1. The second-order valence-electron chi connectivity index (χ2n) is 14.5. The number of unbranched alkanes of at least 4 members (excludes halogenated alkanes) is 2. The van der Waals surface area contributed by atoms with Crippen LogP contribution >= 0.6 is 8.58 Å². The number of methoxy groups -OCH3 is 1. The molecule has 3 nitrogen and oxygen atoms in total. The van der Waals surface area contributed by atoms with E-state index in [0.29, 0.717) is 8.58 Å². The average Bonchev–Trinajstić information content (AvgIpc) is 2.92. The van der Waals surface area contributed by atoms with Gasteiger partial charge in [-0.15, -0.1) is 0 Å². The number of likely N-dealkylation sites (tertiary alicyclic amines) is 1. The van der Waals surface area contributed by atoms with Crippen molar-refractivity contribution in [2.75, 3.05) is 27.0 Å². The third kappa shape index (κ3) is 9.04. The maximum Gasteiger partial charge on any atom is 0.188 e. The molecule has 1 heterocycles. The van der Waals surface area contributed by atoms with Crippen LogP contribution in [-0.2, 0) is 27.3 Å². The van der Waals surface area contributed by atoms with Crippen molar-refractivity contribution in [1.29, 1.82) is 0 Å². The summed E-state index contributed by atoms with van der Waals surface area (Å²) < 4.78 is 12.1. The van der Waals surface area contributed by atoms with Crippen LogP contribution in [0, 0.1) is 6.92 Å². The largest absolute Gasteiger partial charge is 0.467 e. The minimum absolute atomic E-state index is 0.00537. The van der Waals surface area contributed by atoms with Gasteiger partial charge in [0.05, 0.1) is 0 Å². The Bertz CT molecular complexity index is 1110. The highest BCUT2D eigenvalue weighted by Crippen LogP contribution is 2.54. The maximum atomic E-state index is 6.61. The van der Waals surface area contributed by atoms with Gasteiger partial charge in [0.1, 0.15) is 5.75 Å². The molecule has 2 atom stereocenters. The Kier molecular flexibility index (Phi) is 12.3. The summed E-state index contributed by atoms with van der Waals surface area (Å²) in [4.78, 5) is 2.68. The molecule has 41 heavy (non-hydrogen) atoms. The first-order valence-corrected chi connectivity index (χ1v) is 17.3. The van der Waals surface area contributed by atoms with Gasteiger partial charge in [-0.2, -0.15) is 0 Å². The molecule has 0 saturated carbocycles. The number of piperidine rings is 1. The van der Waals surface area contributed by atoms with Crippen molar-refractivity contribution in [2.45, 2.75) is 136 Å². The lowest BCUT2D eigenvalue weighted by Gasteiger charge is -2.39. The summed E-state index contributed by atoms with van der Waals surface area (Å²) in [5.74, 6) is 1.06. The third-order valence-corrected chi connectivity index (χ3v) is 11.0. The normalized spacial score (nSPS) is 16.8.